The molecule has 2 saturated heterocycles. The van der Waals surface area contributed by atoms with Crippen molar-refractivity contribution < 1.29 is 14.6 Å². The van der Waals surface area contributed by atoms with Crippen molar-refractivity contribution in [3.63, 3.8) is 0 Å². The van der Waals surface area contributed by atoms with Gasteiger partial charge < -0.3 is 14.6 Å². The molecule has 2 saturated carbocycles. The smallest absolute Gasteiger partial charge is 0.164 e. The second-order valence-corrected chi connectivity index (χ2v) is 12.0. The molecule has 0 aromatic carbocycles. The fraction of sp³-hybridized carbons (Fsp3) is 0.786. The lowest BCUT2D eigenvalue weighted by Gasteiger charge is -2.54. The van der Waals surface area contributed by atoms with Crippen molar-refractivity contribution in [1.29, 1.82) is 0 Å². The Bertz CT molecular complexity index is 809. The minimum atomic E-state index is -0.151. The van der Waals surface area contributed by atoms with Gasteiger partial charge in [0.15, 0.2) is 6.29 Å². The molecule has 2 aliphatic heterocycles. The maximum atomic E-state index is 10.2. The molecule has 0 radical (unpaired) electrons. The van der Waals surface area contributed by atoms with E-state index in [9.17, 15) is 5.11 Å². The van der Waals surface area contributed by atoms with Crippen LogP contribution in [-0.4, -0.2) is 29.7 Å². The van der Waals surface area contributed by atoms with Gasteiger partial charge in [0.25, 0.3) is 0 Å². The Morgan fingerprint density at radius 1 is 1.19 bits per heavy atom. The molecule has 6 unspecified atom stereocenters. The summed E-state index contributed by atoms with van der Waals surface area (Å²) >= 11 is 0. The van der Waals surface area contributed by atoms with Gasteiger partial charge in [-0.1, -0.05) is 56.2 Å². The van der Waals surface area contributed by atoms with Gasteiger partial charge in [0.2, 0.25) is 0 Å². The van der Waals surface area contributed by atoms with Crippen LogP contribution in [0.2, 0.25) is 0 Å². The highest BCUT2D eigenvalue weighted by Crippen LogP contribution is 2.66. The topological polar surface area (TPSA) is 38.7 Å². The predicted octanol–water partition coefficient (Wildman–Crippen LogP) is 6.33. The summed E-state index contributed by atoms with van der Waals surface area (Å²) in [4.78, 5) is 0. The van der Waals surface area contributed by atoms with Crippen LogP contribution >= 0.6 is 0 Å². The summed E-state index contributed by atoms with van der Waals surface area (Å²) in [5, 5.41) is 10.2. The Labute approximate surface area is 189 Å². The van der Waals surface area contributed by atoms with Crippen molar-refractivity contribution in [2.75, 3.05) is 6.61 Å². The maximum absolute atomic E-state index is 10.2. The molecular formula is C28H42O3. The van der Waals surface area contributed by atoms with E-state index in [1.807, 2.05) is 0 Å². The summed E-state index contributed by atoms with van der Waals surface area (Å²) in [7, 11) is 0. The third kappa shape index (κ3) is 3.33. The number of ether oxygens (including phenoxy) is 2. The van der Waals surface area contributed by atoms with Gasteiger partial charge in [0.05, 0.1) is 18.3 Å². The van der Waals surface area contributed by atoms with E-state index in [0.29, 0.717) is 17.8 Å². The Balaban J connectivity index is 1.41. The molecule has 2 heterocycles. The number of aliphatic hydroxyl groups excluding tert-OH is 1. The van der Waals surface area contributed by atoms with Gasteiger partial charge in [-0.3, -0.25) is 0 Å². The van der Waals surface area contributed by atoms with Crippen molar-refractivity contribution in [2.24, 2.45) is 28.6 Å². The monoisotopic (exact) mass is 426 g/mol. The summed E-state index contributed by atoms with van der Waals surface area (Å²) in [5.74, 6) is 1.72. The molecule has 0 aromatic rings. The Kier molecular flexibility index (Phi) is 5.35. The Morgan fingerprint density at radius 3 is 2.77 bits per heavy atom. The molecule has 7 atom stereocenters. The van der Waals surface area contributed by atoms with Gasteiger partial charge in [-0.2, -0.15) is 0 Å². The van der Waals surface area contributed by atoms with Crippen LogP contribution in [0.15, 0.2) is 35.5 Å². The first-order chi connectivity index (χ1) is 14.7. The zero-order chi connectivity index (χ0) is 22.0. The predicted molar refractivity (Wildman–Crippen MR) is 124 cm³/mol. The number of aliphatic hydroxyl groups is 1. The molecule has 3 nitrogen and oxygen atoms in total. The molecular weight excluding hydrogens is 384 g/mol. The van der Waals surface area contributed by atoms with Gasteiger partial charge in [0.1, 0.15) is 0 Å². The van der Waals surface area contributed by atoms with Crippen LogP contribution in [0, 0.1) is 28.6 Å². The molecule has 3 heteroatoms. The van der Waals surface area contributed by atoms with Gasteiger partial charge in [-0.05, 0) is 82.0 Å². The maximum Gasteiger partial charge on any atom is 0.164 e. The molecule has 1 N–H and O–H groups in total. The first-order valence-corrected chi connectivity index (χ1v) is 12.7. The van der Waals surface area contributed by atoms with Crippen molar-refractivity contribution in [3.8, 4) is 0 Å². The van der Waals surface area contributed by atoms with Crippen molar-refractivity contribution >= 4 is 0 Å². The summed E-state index contributed by atoms with van der Waals surface area (Å²) in [6.45, 7) is 14.5. The van der Waals surface area contributed by atoms with Gasteiger partial charge in [-0.25, -0.2) is 0 Å². The molecule has 0 amide bonds. The molecule has 31 heavy (non-hydrogen) atoms. The lowest BCUT2D eigenvalue weighted by molar-refractivity contribution is -0.203. The van der Waals surface area contributed by atoms with Crippen LogP contribution in [0.25, 0.3) is 0 Å². The Hall–Kier alpha value is -0.900. The average Bonchev–Trinajstić information content (AvgIpc) is 2.85. The van der Waals surface area contributed by atoms with Crippen LogP contribution in [0.1, 0.15) is 85.5 Å². The molecule has 3 aliphatic carbocycles. The van der Waals surface area contributed by atoms with E-state index in [1.165, 1.54) is 24.0 Å². The van der Waals surface area contributed by atoms with E-state index >= 15 is 0 Å². The Morgan fingerprint density at radius 2 is 2.00 bits per heavy atom. The van der Waals surface area contributed by atoms with Gasteiger partial charge in [-0.15, -0.1) is 0 Å². The summed E-state index contributed by atoms with van der Waals surface area (Å²) in [6, 6.07) is 0. The zero-order valence-electron chi connectivity index (χ0n) is 20.1. The first kappa shape index (κ1) is 21.9. The average molecular weight is 427 g/mol. The van der Waals surface area contributed by atoms with Gasteiger partial charge in [0, 0.05) is 11.3 Å². The highest BCUT2D eigenvalue weighted by molar-refractivity contribution is 5.37. The highest BCUT2D eigenvalue weighted by atomic mass is 16.7. The van der Waals surface area contributed by atoms with E-state index in [0.717, 1.165) is 51.6 Å². The van der Waals surface area contributed by atoms with Crippen molar-refractivity contribution in [1.82, 2.24) is 0 Å². The van der Waals surface area contributed by atoms with Crippen LogP contribution in [-0.2, 0) is 9.47 Å². The first-order valence-electron chi connectivity index (χ1n) is 12.7. The second-order valence-electron chi connectivity index (χ2n) is 12.0. The molecule has 5 rings (SSSR count). The zero-order valence-corrected chi connectivity index (χ0v) is 20.1. The number of rotatable bonds is 4. The highest BCUT2D eigenvalue weighted by Gasteiger charge is 2.65. The number of fused-ring (bicyclic) bond motifs is 3. The largest absolute Gasteiger partial charge is 0.393 e. The summed E-state index contributed by atoms with van der Waals surface area (Å²) < 4.78 is 13.1. The minimum Gasteiger partial charge on any atom is -0.393 e. The standard InChI is InChI=1S/C28H42O3/c1-18(2)19(3)8-13-27(5)24-11-15-30-25(31-27)28(24)14-10-23-20(17-28)6-7-21-16-22(29)9-12-26(21,23)4/h6-7,18,22-25,29H,3,8-17H2,1-2,4-5H3/t22?,23?,24?,25?,26-,27?,28?/m0/s1. The fourth-order valence-corrected chi connectivity index (χ4v) is 7.90. The lowest BCUT2D eigenvalue weighted by Crippen LogP contribution is -2.50. The molecule has 0 aromatic heterocycles. The quantitative estimate of drug-likeness (QED) is 0.534. The van der Waals surface area contributed by atoms with Crippen molar-refractivity contribution in [3.05, 3.63) is 35.5 Å². The van der Waals surface area contributed by atoms with E-state index in [1.54, 1.807) is 5.57 Å². The lowest BCUT2D eigenvalue weighted by atomic mass is 9.50. The molecule has 172 valence electrons. The molecule has 5 aliphatic rings. The minimum absolute atomic E-state index is 0.0585. The normalized spacial score (nSPS) is 46.4. The second kappa shape index (κ2) is 7.57. The number of hydrogen-bond acceptors (Lipinski definition) is 3. The molecule has 4 fully saturated rings. The van der Waals surface area contributed by atoms with Crippen LogP contribution in [0.4, 0.5) is 0 Å². The number of hydrogen-bond donors (Lipinski definition) is 1. The summed E-state index contributed by atoms with van der Waals surface area (Å²) in [6.07, 6.45) is 14.2. The van der Waals surface area contributed by atoms with Crippen LogP contribution in [0.5, 0.6) is 0 Å². The third-order valence-corrected chi connectivity index (χ3v) is 10.0. The number of allylic oxidation sites excluding steroid dienone is 4. The van der Waals surface area contributed by atoms with E-state index in [2.05, 4.69) is 46.4 Å². The van der Waals surface area contributed by atoms with Crippen molar-refractivity contribution in [2.45, 2.75) is 103 Å². The van der Waals surface area contributed by atoms with Crippen LogP contribution < -0.4 is 0 Å². The van der Waals surface area contributed by atoms with Gasteiger partial charge >= 0.3 is 0 Å². The summed E-state index contributed by atoms with van der Waals surface area (Å²) in [5.41, 5.74) is 4.69. The van der Waals surface area contributed by atoms with E-state index in [4.69, 9.17) is 9.47 Å². The molecule has 1 spiro atoms. The van der Waals surface area contributed by atoms with E-state index < -0.39 is 0 Å². The fourth-order valence-electron chi connectivity index (χ4n) is 7.90. The van der Waals surface area contributed by atoms with Crippen LogP contribution in [0.3, 0.4) is 0 Å². The molecule has 2 bridgehead atoms. The SMILES string of the molecule is C=C(CCC1(C)OC2OCCC1C21CCC2C(=CC=C3CC(O)CC[C@@]32C)C1)C(C)C. The third-order valence-electron chi connectivity index (χ3n) is 10.0. The van der Waals surface area contributed by atoms with E-state index in [-0.39, 0.29) is 28.8 Å².